The van der Waals surface area contributed by atoms with Gasteiger partial charge < -0.3 is 0 Å². The molecule has 1 atom stereocenters. The summed E-state index contributed by atoms with van der Waals surface area (Å²) < 4.78 is 0. The fourth-order valence-corrected chi connectivity index (χ4v) is 3.32. The smallest absolute Gasteiger partial charge is 0.0199 e. The number of hydrogen-bond donors (Lipinski definition) is 0. The van der Waals surface area contributed by atoms with Gasteiger partial charge in [0.05, 0.1) is 0 Å². The lowest BCUT2D eigenvalue weighted by Crippen LogP contribution is -2.09. The van der Waals surface area contributed by atoms with Crippen LogP contribution in [0.3, 0.4) is 0 Å². The summed E-state index contributed by atoms with van der Waals surface area (Å²) in [5.41, 5.74) is 0. The van der Waals surface area contributed by atoms with Crippen molar-refractivity contribution in [2.45, 2.75) is 31.9 Å². The minimum Gasteiger partial charge on any atom is -0.0683 e. The van der Waals surface area contributed by atoms with Crippen LogP contribution in [0.1, 0.15) is 19.8 Å². The van der Waals surface area contributed by atoms with Gasteiger partial charge in [-0.2, -0.15) is 0 Å². The number of unbranched alkanes of at least 4 members (excludes halogenated alkanes) is 1. The van der Waals surface area contributed by atoms with Crippen molar-refractivity contribution in [2.24, 2.45) is 0 Å². The van der Waals surface area contributed by atoms with Crippen LogP contribution in [0.4, 0.5) is 0 Å². The van der Waals surface area contributed by atoms with Gasteiger partial charge in [0.25, 0.3) is 0 Å². The predicted octanol–water partition coefficient (Wildman–Crippen LogP) is 0.710. The van der Waals surface area contributed by atoms with Crippen LogP contribution in [0.25, 0.3) is 0 Å². The van der Waals surface area contributed by atoms with Gasteiger partial charge in [0.1, 0.15) is 0 Å². The third-order valence-electron chi connectivity index (χ3n) is 1.64. The maximum atomic E-state index is 3.83. The van der Waals surface area contributed by atoms with Crippen molar-refractivity contribution < 1.29 is 0 Å². The SMILES string of the molecule is [CH2]CCC[SiH]([SiH3])CC. The summed E-state index contributed by atoms with van der Waals surface area (Å²) in [6.07, 6.45) is 2.56. The van der Waals surface area contributed by atoms with E-state index in [1.165, 1.54) is 22.2 Å². The molecule has 0 saturated carbocycles. The lowest BCUT2D eigenvalue weighted by molar-refractivity contribution is 0.942. The Kier molecular flexibility index (Phi) is 5.87. The van der Waals surface area contributed by atoms with Crippen LogP contribution in [-0.4, -0.2) is 18.1 Å². The van der Waals surface area contributed by atoms with Gasteiger partial charge in [0.15, 0.2) is 0 Å². The summed E-state index contributed by atoms with van der Waals surface area (Å²) in [6, 6.07) is 3.08. The summed E-state index contributed by atoms with van der Waals surface area (Å²) >= 11 is 0. The van der Waals surface area contributed by atoms with Crippen molar-refractivity contribution >= 4 is 18.1 Å². The van der Waals surface area contributed by atoms with Crippen LogP contribution >= 0.6 is 0 Å². The average molecular weight is 145 g/mol. The standard InChI is InChI=1S/C6H17Si2/c1-3-5-6-8(7)4-2/h8H,1,3-6H2,2,7H3. The van der Waals surface area contributed by atoms with E-state index in [1.54, 1.807) is 6.04 Å². The minimum atomic E-state index is -0.100. The van der Waals surface area contributed by atoms with E-state index < -0.39 is 0 Å². The van der Waals surface area contributed by atoms with Crippen molar-refractivity contribution in [2.75, 3.05) is 0 Å². The Bertz CT molecular complexity index is 45.8. The zero-order chi connectivity index (χ0) is 6.41. The molecule has 1 radical (unpaired) electrons. The van der Waals surface area contributed by atoms with Crippen molar-refractivity contribution in [1.29, 1.82) is 0 Å². The zero-order valence-electron chi connectivity index (χ0n) is 6.11. The van der Waals surface area contributed by atoms with Gasteiger partial charge in [-0.05, 0) is 9.76 Å². The Hall–Kier alpha value is 0.434. The highest BCUT2D eigenvalue weighted by Crippen LogP contribution is 2.00. The molecule has 0 bridgehead atoms. The molecule has 2 heteroatoms. The molecule has 8 heavy (non-hydrogen) atoms. The quantitative estimate of drug-likeness (QED) is 0.511. The van der Waals surface area contributed by atoms with Crippen molar-refractivity contribution in [3.05, 3.63) is 6.92 Å². The number of hydrogen-bond acceptors (Lipinski definition) is 0. The first-order chi connectivity index (χ1) is 3.81. The Morgan fingerprint density at radius 1 is 1.62 bits per heavy atom. The maximum Gasteiger partial charge on any atom is 0.0199 e. The molecule has 0 aromatic heterocycles. The van der Waals surface area contributed by atoms with Crippen LogP contribution in [0.2, 0.25) is 12.1 Å². The van der Waals surface area contributed by atoms with Gasteiger partial charge in [-0.25, -0.2) is 0 Å². The molecule has 0 aliphatic rings. The molecule has 0 aliphatic heterocycles. The molecule has 0 aliphatic carbocycles. The highest BCUT2D eigenvalue weighted by molar-refractivity contribution is 7.03. The van der Waals surface area contributed by atoms with Crippen LogP contribution in [-0.2, 0) is 0 Å². The van der Waals surface area contributed by atoms with E-state index in [0.717, 1.165) is 6.42 Å². The summed E-state index contributed by atoms with van der Waals surface area (Å²) in [6.45, 7) is 6.17. The summed E-state index contributed by atoms with van der Waals surface area (Å²) in [5.74, 6) is 0. The molecule has 0 N–H and O–H groups in total. The minimum absolute atomic E-state index is 0.100. The molecular weight excluding hydrogens is 128 g/mol. The topological polar surface area (TPSA) is 0 Å². The van der Waals surface area contributed by atoms with Gasteiger partial charge in [-0.15, -0.1) is 0 Å². The summed E-state index contributed by atoms with van der Waals surface area (Å²) in [5, 5.41) is 0. The second-order valence-electron chi connectivity index (χ2n) is 2.51. The van der Waals surface area contributed by atoms with E-state index in [4.69, 9.17) is 0 Å². The third-order valence-corrected chi connectivity index (χ3v) is 8.61. The first-order valence-electron chi connectivity index (χ1n) is 3.60. The molecule has 0 fully saturated rings. The van der Waals surface area contributed by atoms with Crippen LogP contribution < -0.4 is 0 Å². The lowest BCUT2D eigenvalue weighted by atomic mass is 10.4. The summed E-state index contributed by atoms with van der Waals surface area (Å²) in [7, 11) is 1.42. The average Bonchev–Trinajstić information content (AvgIpc) is 1.83. The molecule has 0 heterocycles. The summed E-state index contributed by atoms with van der Waals surface area (Å²) in [4.78, 5) is 0. The lowest BCUT2D eigenvalue weighted by Gasteiger charge is -2.02. The second kappa shape index (κ2) is 5.57. The highest BCUT2D eigenvalue weighted by Gasteiger charge is 1.96. The molecule has 1 unspecified atom stereocenters. The van der Waals surface area contributed by atoms with Gasteiger partial charge in [0, 0.05) is 8.31 Å². The van der Waals surface area contributed by atoms with E-state index in [-0.39, 0.29) is 8.31 Å². The molecule has 0 aromatic carbocycles. The normalized spacial score (nSPS) is 14.2. The van der Waals surface area contributed by atoms with Crippen molar-refractivity contribution in [1.82, 2.24) is 0 Å². The largest absolute Gasteiger partial charge is 0.0683 e. The van der Waals surface area contributed by atoms with Gasteiger partial charge in [0.2, 0.25) is 0 Å². The Morgan fingerprint density at radius 3 is 2.62 bits per heavy atom. The van der Waals surface area contributed by atoms with Gasteiger partial charge in [-0.3, -0.25) is 0 Å². The van der Waals surface area contributed by atoms with Crippen LogP contribution in [0, 0.1) is 6.92 Å². The Morgan fingerprint density at radius 2 is 2.25 bits per heavy atom. The van der Waals surface area contributed by atoms with E-state index in [1.807, 2.05) is 0 Å². The van der Waals surface area contributed by atoms with E-state index in [2.05, 4.69) is 13.8 Å². The Balaban J connectivity index is 2.86. The molecule has 0 aromatic rings. The van der Waals surface area contributed by atoms with Crippen molar-refractivity contribution in [3.8, 4) is 0 Å². The first-order valence-corrected chi connectivity index (χ1v) is 9.85. The van der Waals surface area contributed by atoms with Crippen molar-refractivity contribution in [3.63, 3.8) is 0 Å². The molecule has 0 spiro atoms. The first kappa shape index (κ1) is 8.43. The highest BCUT2D eigenvalue weighted by atomic mass is 29.1. The molecule has 0 amide bonds. The fraction of sp³-hybridized carbons (Fsp3) is 0.833. The molecule has 0 saturated heterocycles. The molecule has 0 nitrogen and oxygen atoms in total. The second-order valence-corrected chi connectivity index (χ2v) is 11.0. The van der Waals surface area contributed by atoms with E-state index in [9.17, 15) is 0 Å². The van der Waals surface area contributed by atoms with Crippen LogP contribution in [0.15, 0.2) is 0 Å². The van der Waals surface area contributed by atoms with Gasteiger partial charge >= 0.3 is 0 Å². The fourth-order valence-electron chi connectivity index (χ4n) is 0.697. The van der Waals surface area contributed by atoms with Crippen LogP contribution in [0.5, 0.6) is 0 Å². The molecule has 0 rings (SSSR count). The molecular formula is C6H17Si2. The third kappa shape index (κ3) is 4.59. The predicted molar refractivity (Wildman–Crippen MR) is 47.0 cm³/mol. The van der Waals surface area contributed by atoms with E-state index >= 15 is 0 Å². The maximum absolute atomic E-state index is 3.83. The number of rotatable bonds is 4. The Labute approximate surface area is 57.5 Å². The van der Waals surface area contributed by atoms with Gasteiger partial charge in [-0.1, -0.05) is 38.8 Å². The molecule has 49 valence electrons. The van der Waals surface area contributed by atoms with E-state index in [0.29, 0.717) is 0 Å². The zero-order valence-corrected chi connectivity index (χ0v) is 9.27. The monoisotopic (exact) mass is 145 g/mol.